The van der Waals surface area contributed by atoms with Gasteiger partial charge in [0.25, 0.3) is 0 Å². The Morgan fingerprint density at radius 2 is 2.11 bits per heavy atom. The highest BCUT2D eigenvalue weighted by atomic mass is 32.2. The smallest absolute Gasteiger partial charge is 0.123 e. The van der Waals surface area contributed by atoms with Gasteiger partial charge in [-0.15, -0.1) is 0 Å². The average molecular weight is 279 g/mol. The number of rotatable bonds is 5. The third-order valence-corrected chi connectivity index (χ3v) is 5.07. The standard InChI is InChI=1S/C16H25NOS/c1-12-4-5-16(18-3)14(10-12)15(17-2)11-13-6-8-19-9-7-13/h4-5,10,13,15,17H,6-9,11H2,1-3H3. The van der Waals surface area contributed by atoms with Crippen LogP contribution < -0.4 is 10.1 Å². The predicted molar refractivity (Wildman–Crippen MR) is 84.2 cm³/mol. The number of hydrogen-bond donors (Lipinski definition) is 1. The van der Waals surface area contributed by atoms with Crippen LogP contribution in [0.3, 0.4) is 0 Å². The Labute approximate surface area is 121 Å². The maximum absolute atomic E-state index is 5.53. The topological polar surface area (TPSA) is 21.3 Å². The first kappa shape index (κ1) is 14.7. The minimum absolute atomic E-state index is 0.406. The Morgan fingerprint density at radius 1 is 1.37 bits per heavy atom. The zero-order chi connectivity index (χ0) is 13.7. The first-order chi connectivity index (χ1) is 9.24. The molecule has 0 radical (unpaired) electrons. The van der Waals surface area contributed by atoms with E-state index in [9.17, 15) is 0 Å². The molecule has 19 heavy (non-hydrogen) atoms. The van der Waals surface area contributed by atoms with E-state index in [1.54, 1.807) is 7.11 Å². The van der Waals surface area contributed by atoms with Crippen LogP contribution in [0.15, 0.2) is 18.2 Å². The van der Waals surface area contributed by atoms with Crippen LogP contribution in [0.1, 0.15) is 36.4 Å². The lowest BCUT2D eigenvalue weighted by molar-refractivity contribution is 0.363. The Kier molecular flexibility index (Phi) is 5.59. The van der Waals surface area contributed by atoms with E-state index in [0.29, 0.717) is 6.04 Å². The van der Waals surface area contributed by atoms with E-state index in [2.05, 4.69) is 49.2 Å². The first-order valence-corrected chi connectivity index (χ1v) is 8.29. The van der Waals surface area contributed by atoms with Crippen LogP contribution in [0, 0.1) is 12.8 Å². The van der Waals surface area contributed by atoms with Crippen LogP contribution in [0.5, 0.6) is 5.75 Å². The van der Waals surface area contributed by atoms with E-state index >= 15 is 0 Å². The monoisotopic (exact) mass is 279 g/mol. The number of methoxy groups -OCH3 is 1. The molecule has 0 spiro atoms. The quantitative estimate of drug-likeness (QED) is 0.886. The number of hydrogen-bond acceptors (Lipinski definition) is 3. The third-order valence-electron chi connectivity index (χ3n) is 4.02. The van der Waals surface area contributed by atoms with Gasteiger partial charge in [0.2, 0.25) is 0 Å². The number of benzene rings is 1. The fraction of sp³-hybridized carbons (Fsp3) is 0.625. The van der Waals surface area contributed by atoms with Crippen LogP contribution in [0.2, 0.25) is 0 Å². The van der Waals surface area contributed by atoms with Crippen LogP contribution in [0.4, 0.5) is 0 Å². The van der Waals surface area contributed by atoms with Gasteiger partial charge in [-0.25, -0.2) is 0 Å². The fourth-order valence-corrected chi connectivity index (χ4v) is 4.05. The van der Waals surface area contributed by atoms with E-state index in [0.717, 1.165) is 11.7 Å². The van der Waals surface area contributed by atoms with Gasteiger partial charge in [-0.2, -0.15) is 11.8 Å². The van der Waals surface area contributed by atoms with E-state index in [1.807, 2.05) is 0 Å². The highest BCUT2D eigenvalue weighted by Crippen LogP contribution is 2.34. The second kappa shape index (κ2) is 7.20. The second-order valence-electron chi connectivity index (χ2n) is 5.38. The summed E-state index contributed by atoms with van der Waals surface area (Å²) < 4.78 is 5.53. The molecule has 106 valence electrons. The number of thioether (sulfide) groups is 1. The molecule has 0 aliphatic carbocycles. The number of aryl methyl sites for hydroxylation is 1. The highest BCUT2D eigenvalue weighted by molar-refractivity contribution is 7.99. The summed E-state index contributed by atoms with van der Waals surface area (Å²) >= 11 is 2.09. The minimum Gasteiger partial charge on any atom is -0.496 e. The molecule has 1 aromatic carbocycles. The molecule has 1 atom stereocenters. The molecule has 1 aliphatic rings. The number of nitrogens with one attached hydrogen (secondary N) is 1. The van der Waals surface area contributed by atoms with E-state index in [1.165, 1.54) is 41.9 Å². The Bertz CT molecular complexity index is 402. The Balaban J connectivity index is 2.13. The zero-order valence-electron chi connectivity index (χ0n) is 12.2. The second-order valence-corrected chi connectivity index (χ2v) is 6.60. The van der Waals surface area contributed by atoms with Crippen molar-refractivity contribution in [1.82, 2.24) is 5.32 Å². The zero-order valence-corrected chi connectivity index (χ0v) is 13.1. The lowest BCUT2D eigenvalue weighted by Crippen LogP contribution is -2.22. The first-order valence-electron chi connectivity index (χ1n) is 7.14. The molecule has 0 bridgehead atoms. The molecule has 1 fully saturated rings. The SMILES string of the molecule is CNC(CC1CCSCC1)c1cc(C)ccc1OC. The molecule has 2 rings (SSSR count). The summed E-state index contributed by atoms with van der Waals surface area (Å²) in [7, 11) is 3.82. The molecule has 2 nitrogen and oxygen atoms in total. The van der Waals surface area contributed by atoms with Crippen LogP contribution in [0.25, 0.3) is 0 Å². The molecular formula is C16H25NOS. The largest absolute Gasteiger partial charge is 0.496 e. The van der Waals surface area contributed by atoms with E-state index < -0.39 is 0 Å². The molecule has 1 N–H and O–H groups in total. The Morgan fingerprint density at radius 3 is 2.74 bits per heavy atom. The summed E-state index contributed by atoms with van der Waals surface area (Å²) in [4.78, 5) is 0. The van der Waals surface area contributed by atoms with Gasteiger partial charge in [0.1, 0.15) is 5.75 Å². The van der Waals surface area contributed by atoms with Gasteiger partial charge < -0.3 is 10.1 Å². The average Bonchev–Trinajstić information content (AvgIpc) is 2.46. The van der Waals surface area contributed by atoms with Gasteiger partial charge in [-0.3, -0.25) is 0 Å². The van der Waals surface area contributed by atoms with Crippen molar-refractivity contribution < 1.29 is 4.74 Å². The summed E-state index contributed by atoms with van der Waals surface area (Å²) in [5.74, 6) is 4.51. The summed E-state index contributed by atoms with van der Waals surface area (Å²) in [6.07, 6.45) is 3.94. The van der Waals surface area contributed by atoms with E-state index in [4.69, 9.17) is 4.74 Å². The minimum atomic E-state index is 0.406. The van der Waals surface area contributed by atoms with Crippen LogP contribution in [-0.4, -0.2) is 25.7 Å². The molecule has 1 unspecified atom stereocenters. The summed E-state index contributed by atoms with van der Waals surface area (Å²) in [5, 5.41) is 3.48. The van der Waals surface area contributed by atoms with Crippen molar-refractivity contribution in [2.75, 3.05) is 25.7 Å². The normalized spacial score (nSPS) is 18.3. The van der Waals surface area contributed by atoms with Gasteiger partial charge in [0, 0.05) is 11.6 Å². The van der Waals surface area contributed by atoms with Crippen LogP contribution >= 0.6 is 11.8 Å². The van der Waals surface area contributed by atoms with Crippen molar-refractivity contribution in [3.8, 4) is 5.75 Å². The third kappa shape index (κ3) is 3.90. The van der Waals surface area contributed by atoms with E-state index in [-0.39, 0.29) is 0 Å². The summed E-state index contributed by atoms with van der Waals surface area (Å²) in [5.41, 5.74) is 2.61. The lowest BCUT2D eigenvalue weighted by atomic mass is 9.90. The van der Waals surface area contributed by atoms with Crippen molar-refractivity contribution in [3.63, 3.8) is 0 Å². The molecule has 3 heteroatoms. The number of ether oxygens (including phenoxy) is 1. The van der Waals surface area contributed by atoms with Gasteiger partial charge in [0.05, 0.1) is 7.11 Å². The van der Waals surface area contributed by atoms with Crippen molar-refractivity contribution in [1.29, 1.82) is 0 Å². The summed E-state index contributed by atoms with van der Waals surface area (Å²) in [6.45, 7) is 2.15. The molecule has 1 aromatic rings. The van der Waals surface area contributed by atoms with Crippen molar-refractivity contribution in [2.45, 2.75) is 32.2 Å². The van der Waals surface area contributed by atoms with Gasteiger partial charge >= 0.3 is 0 Å². The Hall–Kier alpha value is -0.670. The van der Waals surface area contributed by atoms with Gasteiger partial charge in [-0.05, 0) is 56.7 Å². The van der Waals surface area contributed by atoms with Gasteiger partial charge in [0.15, 0.2) is 0 Å². The van der Waals surface area contributed by atoms with Crippen molar-refractivity contribution in [3.05, 3.63) is 29.3 Å². The molecule has 1 aliphatic heterocycles. The van der Waals surface area contributed by atoms with Gasteiger partial charge in [-0.1, -0.05) is 17.7 Å². The molecular weight excluding hydrogens is 254 g/mol. The molecule has 1 heterocycles. The molecule has 1 saturated heterocycles. The fourth-order valence-electron chi connectivity index (χ4n) is 2.84. The predicted octanol–water partition coefficient (Wildman–Crippen LogP) is 3.80. The summed E-state index contributed by atoms with van der Waals surface area (Å²) in [6, 6.07) is 6.87. The molecule has 0 aromatic heterocycles. The van der Waals surface area contributed by atoms with Crippen molar-refractivity contribution in [2.24, 2.45) is 5.92 Å². The maximum Gasteiger partial charge on any atom is 0.123 e. The lowest BCUT2D eigenvalue weighted by Gasteiger charge is -2.27. The molecule has 0 saturated carbocycles. The highest BCUT2D eigenvalue weighted by Gasteiger charge is 2.21. The van der Waals surface area contributed by atoms with Crippen LogP contribution in [-0.2, 0) is 0 Å². The van der Waals surface area contributed by atoms with Crippen molar-refractivity contribution >= 4 is 11.8 Å². The molecule has 0 amide bonds. The maximum atomic E-state index is 5.53.